The van der Waals surface area contributed by atoms with Crippen molar-refractivity contribution in [2.75, 3.05) is 0 Å². The number of hydrogen-bond acceptors (Lipinski definition) is 1. The SMILES string of the molecule is FC(F)(F)Cn1cc(Cl)c(I)n1. The molecule has 0 saturated heterocycles. The van der Waals surface area contributed by atoms with Crippen LogP contribution in [0.15, 0.2) is 6.20 Å². The van der Waals surface area contributed by atoms with Crippen LogP contribution in [0.4, 0.5) is 13.2 Å². The van der Waals surface area contributed by atoms with Gasteiger partial charge in [0.05, 0.1) is 5.02 Å². The third-order valence-electron chi connectivity index (χ3n) is 1.02. The van der Waals surface area contributed by atoms with E-state index in [1.807, 2.05) is 0 Å². The highest BCUT2D eigenvalue weighted by Crippen LogP contribution is 2.20. The largest absolute Gasteiger partial charge is 0.408 e. The lowest BCUT2D eigenvalue weighted by molar-refractivity contribution is -0.142. The van der Waals surface area contributed by atoms with Crippen molar-refractivity contribution in [3.8, 4) is 0 Å². The average Bonchev–Trinajstić information content (AvgIpc) is 2.07. The monoisotopic (exact) mass is 310 g/mol. The Balaban J connectivity index is 2.77. The van der Waals surface area contributed by atoms with E-state index >= 15 is 0 Å². The molecule has 0 aromatic carbocycles. The van der Waals surface area contributed by atoms with Gasteiger partial charge in [-0.15, -0.1) is 0 Å². The number of aromatic nitrogens is 2. The molecular weight excluding hydrogens is 307 g/mol. The first-order chi connectivity index (χ1) is 5.38. The maximum atomic E-state index is 11.8. The molecule has 12 heavy (non-hydrogen) atoms. The number of alkyl halides is 3. The lowest BCUT2D eigenvalue weighted by atomic mass is 10.6. The Labute approximate surface area is 84.8 Å². The smallest absolute Gasteiger partial charge is 0.261 e. The van der Waals surface area contributed by atoms with E-state index in [0.717, 1.165) is 10.9 Å². The Kier molecular flexibility index (Phi) is 2.87. The zero-order valence-corrected chi connectivity index (χ0v) is 8.48. The van der Waals surface area contributed by atoms with Gasteiger partial charge in [-0.25, -0.2) is 0 Å². The van der Waals surface area contributed by atoms with Gasteiger partial charge in [-0.1, -0.05) is 11.6 Å². The van der Waals surface area contributed by atoms with Crippen molar-refractivity contribution in [1.82, 2.24) is 9.78 Å². The average molecular weight is 310 g/mol. The van der Waals surface area contributed by atoms with Crippen LogP contribution >= 0.6 is 34.2 Å². The second-order valence-electron chi connectivity index (χ2n) is 2.08. The standard InChI is InChI=1S/C5H3ClF3IN2/c6-3-1-12(11-4(3)10)2-5(7,8)9/h1H,2H2. The molecule has 0 unspecified atom stereocenters. The Bertz CT molecular complexity index is 263. The molecule has 0 aliphatic rings. The van der Waals surface area contributed by atoms with Gasteiger partial charge in [0, 0.05) is 6.20 Å². The van der Waals surface area contributed by atoms with Crippen LogP contribution in [-0.2, 0) is 6.54 Å². The van der Waals surface area contributed by atoms with Gasteiger partial charge in [-0.3, -0.25) is 4.68 Å². The van der Waals surface area contributed by atoms with Crippen LogP contribution in [-0.4, -0.2) is 16.0 Å². The zero-order valence-electron chi connectivity index (χ0n) is 5.57. The summed E-state index contributed by atoms with van der Waals surface area (Å²) in [5.41, 5.74) is 0. The maximum absolute atomic E-state index is 11.8. The lowest BCUT2D eigenvalue weighted by Gasteiger charge is -2.04. The van der Waals surface area contributed by atoms with Crippen LogP contribution in [0.1, 0.15) is 0 Å². The van der Waals surface area contributed by atoms with E-state index < -0.39 is 12.7 Å². The summed E-state index contributed by atoms with van der Waals surface area (Å²) in [4.78, 5) is 0. The van der Waals surface area contributed by atoms with Crippen LogP contribution < -0.4 is 0 Å². The van der Waals surface area contributed by atoms with Crippen molar-refractivity contribution in [2.24, 2.45) is 0 Å². The van der Waals surface area contributed by atoms with Gasteiger partial charge in [0.15, 0.2) is 0 Å². The summed E-state index contributed by atoms with van der Waals surface area (Å²) in [6, 6.07) is 0. The number of hydrogen-bond donors (Lipinski definition) is 0. The summed E-state index contributed by atoms with van der Waals surface area (Å²) in [5.74, 6) is 0. The van der Waals surface area contributed by atoms with E-state index in [2.05, 4.69) is 5.10 Å². The fourth-order valence-corrected chi connectivity index (χ4v) is 1.21. The van der Waals surface area contributed by atoms with Crippen molar-refractivity contribution in [2.45, 2.75) is 12.7 Å². The summed E-state index contributed by atoms with van der Waals surface area (Å²) in [5, 5.41) is 3.78. The highest BCUT2D eigenvalue weighted by molar-refractivity contribution is 14.1. The molecule has 1 rings (SSSR count). The highest BCUT2D eigenvalue weighted by Gasteiger charge is 2.28. The summed E-state index contributed by atoms with van der Waals surface area (Å²) in [6.07, 6.45) is -3.10. The van der Waals surface area contributed by atoms with E-state index in [0.29, 0.717) is 3.70 Å². The second kappa shape index (κ2) is 3.41. The van der Waals surface area contributed by atoms with E-state index in [-0.39, 0.29) is 5.02 Å². The zero-order chi connectivity index (χ0) is 9.35. The van der Waals surface area contributed by atoms with E-state index in [9.17, 15) is 13.2 Å². The van der Waals surface area contributed by atoms with Gasteiger partial charge >= 0.3 is 6.18 Å². The molecule has 1 aromatic rings. The molecule has 0 bridgehead atoms. The van der Waals surface area contributed by atoms with Crippen LogP contribution in [0.3, 0.4) is 0 Å². The number of halogens is 5. The molecular formula is C5H3ClF3IN2. The number of nitrogens with zero attached hydrogens (tertiary/aromatic N) is 2. The van der Waals surface area contributed by atoms with Crippen LogP contribution in [0, 0.1) is 3.70 Å². The van der Waals surface area contributed by atoms with Crippen LogP contribution in [0.5, 0.6) is 0 Å². The minimum absolute atomic E-state index is 0.236. The van der Waals surface area contributed by atoms with Crippen molar-refractivity contribution < 1.29 is 13.2 Å². The fraction of sp³-hybridized carbons (Fsp3) is 0.400. The van der Waals surface area contributed by atoms with Crippen molar-refractivity contribution in [3.05, 3.63) is 14.9 Å². The second-order valence-corrected chi connectivity index (χ2v) is 3.51. The van der Waals surface area contributed by atoms with Crippen molar-refractivity contribution in [3.63, 3.8) is 0 Å². The molecule has 68 valence electrons. The summed E-state index contributed by atoms with van der Waals surface area (Å²) >= 11 is 7.27. The molecule has 0 amide bonds. The van der Waals surface area contributed by atoms with Gasteiger partial charge in [-0.05, 0) is 22.6 Å². The quantitative estimate of drug-likeness (QED) is 0.729. The first kappa shape index (κ1) is 10.1. The molecule has 0 saturated carbocycles. The van der Waals surface area contributed by atoms with Gasteiger partial charge in [0.2, 0.25) is 0 Å². The lowest BCUT2D eigenvalue weighted by Crippen LogP contribution is -2.17. The van der Waals surface area contributed by atoms with Crippen molar-refractivity contribution >= 4 is 34.2 Å². The molecule has 0 N–H and O–H groups in total. The maximum Gasteiger partial charge on any atom is 0.408 e. The Morgan fingerprint density at radius 3 is 2.50 bits per heavy atom. The van der Waals surface area contributed by atoms with E-state index in [1.54, 1.807) is 22.6 Å². The first-order valence-corrected chi connectivity index (χ1v) is 4.29. The molecule has 2 nitrogen and oxygen atoms in total. The molecule has 0 aliphatic carbocycles. The highest BCUT2D eigenvalue weighted by atomic mass is 127. The molecule has 1 aromatic heterocycles. The Hall–Kier alpha value is 0.0200. The molecule has 0 atom stereocenters. The molecule has 0 fully saturated rings. The predicted octanol–water partition coefficient (Wildman–Crippen LogP) is 2.70. The summed E-state index contributed by atoms with van der Waals surface area (Å²) < 4.78 is 36.5. The molecule has 1 heterocycles. The Morgan fingerprint density at radius 1 is 1.58 bits per heavy atom. The Morgan fingerprint density at radius 2 is 2.17 bits per heavy atom. The van der Waals surface area contributed by atoms with Gasteiger partial charge in [0.1, 0.15) is 10.2 Å². The molecule has 7 heteroatoms. The summed E-state index contributed by atoms with van der Waals surface area (Å²) in [7, 11) is 0. The third-order valence-corrected chi connectivity index (χ3v) is 2.41. The summed E-state index contributed by atoms with van der Waals surface area (Å²) in [6.45, 7) is -1.10. The fourth-order valence-electron chi connectivity index (χ4n) is 0.638. The first-order valence-electron chi connectivity index (χ1n) is 2.84. The van der Waals surface area contributed by atoms with Crippen LogP contribution in [0.25, 0.3) is 0 Å². The minimum Gasteiger partial charge on any atom is -0.261 e. The molecule has 0 aliphatic heterocycles. The van der Waals surface area contributed by atoms with Gasteiger partial charge in [0.25, 0.3) is 0 Å². The minimum atomic E-state index is -4.25. The van der Waals surface area contributed by atoms with E-state index in [4.69, 9.17) is 11.6 Å². The normalized spacial score (nSPS) is 12.1. The predicted molar refractivity (Wildman–Crippen MR) is 46.0 cm³/mol. The van der Waals surface area contributed by atoms with Crippen LogP contribution in [0.2, 0.25) is 5.02 Å². The topological polar surface area (TPSA) is 17.8 Å². The van der Waals surface area contributed by atoms with E-state index in [1.165, 1.54) is 0 Å². The third kappa shape index (κ3) is 2.81. The number of rotatable bonds is 1. The molecule has 0 spiro atoms. The van der Waals surface area contributed by atoms with Gasteiger partial charge in [-0.2, -0.15) is 18.3 Å². The molecule has 0 radical (unpaired) electrons. The van der Waals surface area contributed by atoms with Gasteiger partial charge < -0.3 is 0 Å². The van der Waals surface area contributed by atoms with Crippen molar-refractivity contribution in [1.29, 1.82) is 0 Å².